The van der Waals surface area contributed by atoms with E-state index in [0.29, 0.717) is 12.8 Å². The lowest BCUT2D eigenvalue weighted by Gasteiger charge is -2.21. The van der Waals surface area contributed by atoms with Gasteiger partial charge in [0.25, 0.3) is 0 Å². The Morgan fingerprint density at radius 2 is 1.89 bits per heavy atom. The number of amides is 1. The highest BCUT2D eigenvalue weighted by Gasteiger charge is 2.29. The highest BCUT2D eigenvalue weighted by atomic mass is 16.2. The molecule has 1 fully saturated rings. The predicted molar refractivity (Wildman–Crippen MR) is 71.5 cm³/mol. The van der Waals surface area contributed by atoms with Crippen molar-refractivity contribution in [2.75, 3.05) is 5.32 Å². The molecule has 1 unspecified atom stereocenters. The topological polar surface area (TPSA) is 46.2 Å². The van der Waals surface area contributed by atoms with Crippen molar-refractivity contribution in [1.29, 1.82) is 0 Å². The van der Waals surface area contributed by atoms with Crippen LogP contribution in [0.1, 0.15) is 36.8 Å². The number of aryl methyl sites for hydroxylation is 2. The zero-order valence-corrected chi connectivity index (χ0v) is 11.0. The van der Waals surface area contributed by atoms with Crippen LogP contribution in [0.5, 0.6) is 0 Å². The number of anilines is 1. The number of rotatable bonds is 2. The number of Topliss-reactive ketones (excluding diaryl/α,β-unsaturated/α-hetero) is 1. The average molecular weight is 245 g/mol. The third kappa shape index (κ3) is 2.61. The highest BCUT2D eigenvalue weighted by Crippen LogP contribution is 2.24. The van der Waals surface area contributed by atoms with E-state index < -0.39 is 5.92 Å². The first-order valence-corrected chi connectivity index (χ1v) is 6.49. The summed E-state index contributed by atoms with van der Waals surface area (Å²) in [5.74, 6) is -0.500. The monoisotopic (exact) mass is 245 g/mol. The van der Waals surface area contributed by atoms with Gasteiger partial charge in [-0.1, -0.05) is 24.6 Å². The minimum Gasteiger partial charge on any atom is -0.325 e. The molecule has 1 saturated carbocycles. The second kappa shape index (κ2) is 5.34. The van der Waals surface area contributed by atoms with Gasteiger partial charge in [0.1, 0.15) is 5.78 Å². The van der Waals surface area contributed by atoms with Crippen LogP contribution in [0.25, 0.3) is 0 Å². The summed E-state index contributed by atoms with van der Waals surface area (Å²) in [6.45, 7) is 3.93. The van der Waals surface area contributed by atoms with E-state index >= 15 is 0 Å². The maximum absolute atomic E-state index is 12.2. The number of hydrogen-bond acceptors (Lipinski definition) is 2. The summed E-state index contributed by atoms with van der Waals surface area (Å²) in [5.41, 5.74) is 2.92. The van der Waals surface area contributed by atoms with E-state index in [1.165, 1.54) is 0 Å². The molecule has 1 amide bonds. The molecule has 3 heteroatoms. The van der Waals surface area contributed by atoms with Gasteiger partial charge in [-0.3, -0.25) is 9.59 Å². The molecule has 1 aromatic rings. The van der Waals surface area contributed by atoms with Crippen LogP contribution in [0.15, 0.2) is 18.2 Å². The fourth-order valence-corrected chi connectivity index (χ4v) is 2.48. The molecule has 1 N–H and O–H groups in total. The van der Waals surface area contributed by atoms with Crippen molar-refractivity contribution < 1.29 is 9.59 Å². The summed E-state index contributed by atoms with van der Waals surface area (Å²) in [4.78, 5) is 23.9. The number of carbonyl (C=O) groups is 2. The molecule has 0 aliphatic heterocycles. The lowest BCUT2D eigenvalue weighted by molar-refractivity contribution is -0.132. The van der Waals surface area contributed by atoms with Gasteiger partial charge in [0.2, 0.25) is 5.91 Å². The van der Waals surface area contributed by atoms with Crippen LogP contribution in [-0.4, -0.2) is 11.7 Å². The fourth-order valence-electron chi connectivity index (χ4n) is 2.48. The summed E-state index contributed by atoms with van der Waals surface area (Å²) in [7, 11) is 0. The van der Waals surface area contributed by atoms with Crippen molar-refractivity contribution in [2.24, 2.45) is 5.92 Å². The summed E-state index contributed by atoms with van der Waals surface area (Å²) in [6.07, 6.45) is 3.13. The molecule has 2 rings (SSSR count). The molecule has 1 aliphatic carbocycles. The predicted octanol–water partition coefficient (Wildman–Crippen LogP) is 3.00. The molecular formula is C15H19NO2. The Balaban J connectivity index is 2.13. The third-order valence-corrected chi connectivity index (χ3v) is 3.60. The lowest BCUT2D eigenvalue weighted by Crippen LogP contribution is -2.32. The van der Waals surface area contributed by atoms with E-state index in [2.05, 4.69) is 5.32 Å². The lowest BCUT2D eigenvalue weighted by atomic mass is 9.87. The SMILES string of the molecule is Cc1cccc(C)c1NC(=O)C1CCCCC1=O. The molecule has 0 bridgehead atoms. The Hall–Kier alpha value is -1.64. The summed E-state index contributed by atoms with van der Waals surface area (Å²) in [6, 6.07) is 5.89. The number of nitrogens with one attached hydrogen (secondary N) is 1. The zero-order valence-electron chi connectivity index (χ0n) is 11.0. The van der Waals surface area contributed by atoms with Crippen LogP contribution < -0.4 is 5.32 Å². The normalized spacial score (nSPS) is 19.7. The smallest absolute Gasteiger partial charge is 0.234 e. The van der Waals surface area contributed by atoms with Gasteiger partial charge < -0.3 is 5.32 Å². The van der Waals surface area contributed by atoms with Crippen molar-refractivity contribution >= 4 is 17.4 Å². The van der Waals surface area contributed by atoms with E-state index in [0.717, 1.165) is 29.7 Å². The molecule has 1 aromatic carbocycles. The first-order valence-electron chi connectivity index (χ1n) is 6.49. The van der Waals surface area contributed by atoms with E-state index in [4.69, 9.17) is 0 Å². The molecule has 3 nitrogen and oxygen atoms in total. The molecule has 0 saturated heterocycles. The molecule has 0 radical (unpaired) electrons. The summed E-state index contributed by atoms with van der Waals surface area (Å²) in [5, 5.41) is 2.92. The van der Waals surface area contributed by atoms with Gasteiger partial charge in [-0.15, -0.1) is 0 Å². The Labute approximate surface area is 108 Å². The van der Waals surface area contributed by atoms with Gasteiger partial charge in [0.15, 0.2) is 0 Å². The molecule has 96 valence electrons. The first kappa shape index (κ1) is 12.8. The van der Waals surface area contributed by atoms with Crippen molar-refractivity contribution in [3.63, 3.8) is 0 Å². The summed E-state index contributed by atoms with van der Waals surface area (Å²) < 4.78 is 0. The van der Waals surface area contributed by atoms with E-state index in [1.54, 1.807) is 0 Å². The quantitative estimate of drug-likeness (QED) is 0.814. The van der Waals surface area contributed by atoms with Gasteiger partial charge in [-0.05, 0) is 37.8 Å². The van der Waals surface area contributed by atoms with Gasteiger partial charge in [0, 0.05) is 12.1 Å². The highest BCUT2D eigenvalue weighted by molar-refractivity contribution is 6.07. The first-order chi connectivity index (χ1) is 8.59. The van der Waals surface area contributed by atoms with Gasteiger partial charge in [-0.2, -0.15) is 0 Å². The minimum absolute atomic E-state index is 0.0880. The van der Waals surface area contributed by atoms with Crippen LogP contribution in [0.4, 0.5) is 5.69 Å². The Morgan fingerprint density at radius 1 is 1.22 bits per heavy atom. The zero-order chi connectivity index (χ0) is 13.1. The number of carbonyl (C=O) groups excluding carboxylic acids is 2. The van der Waals surface area contributed by atoms with Crippen molar-refractivity contribution in [3.05, 3.63) is 29.3 Å². The van der Waals surface area contributed by atoms with E-state index in [-0.39, 0.29) is 11.7 Å². The standard InChI is InChI=1S/C15H19NO2/c1-10-6-5-7-11(2)14(10)16-15(18)12-8-3-4-9-13(12)17/h5-7,12H,3-4,8-9H2,1-2H3,(H,16,18). The van der Waals surface area contributed by atoms with Crippen LogP contribution in [0, 0.1) is 19.8 Å². The Morgan fingerprint density at radius 3 is 2.50 bits per heavy atom. The number of para-hydroxylation sites is 1. The van der Waals surface area contributed by atoms with Crippen molar-refractivity contribution in [2.45, 2.75) is 39.5 Å². The van der Waals surface area contributed by atoms with Crippen LogP contribution >= 0.6 is 0 Å². The van der Waals surface area contributed by atoms with Crippen LogP contribution in [0.2, 0.25) is 0 Å². The van der Waals surface area contributed by atoms with Crippen LogP contribution in [-0.2, 0) is 9.59 Å². The van der Waals surface area contributed by atoms with Gasteiger partial charge >= 0.3 is 0 Å². The second-order valence-corrected chi connectivity index (χ2v) is 5.02. The fraction of sp³-hybridized carbons (Fsp3) is 0.467. The van der Waals surface area contributed by atoms with Gasteiger partial charge in [0.05, 0.1) is 5.92 Å². The Bertz CT molecular complexity index is 459. The summed E-state index contributed by atoms with van der Waals surface area (Å²) >= 11 is 0. The molecule has 18 heavy (non-hydrogen) atoms. The van der Waals surface area contributed by atoms with E-state index in [1.807, 2.05) is 32.0 Å². The van der Waals surface area contributed by atoms with Crippen LogP contribution in [0.3, 0.4) is 0 Å². The maximum Gasteiger partial charge on any atom is 0.234 e. The number of benzene rings is 1. The average Bonchev–Trinajstić information content (AvgIpc) is 2.34. The molecular weight excluding hydrogens is 226 g/mol. The van der Waals surface area contributed by atoms with Crippen molar-refractivity contribution in [1.82, 2.24) is 0 Å². The third-order valence-electron chi connectivity index (χ3n) is 3.60. The second-order valence-electron chi connectivity index (χ2n) is 5.02. The number of ketones is 1. The minimum atomic E-state index is -0.447. The van der Waals surface area contributed by atoms with Crippen molar-refractivity contribution in [3.8, 4) is 0 Å². The largest absolute Gasteiger partial charge is 0.325 e. The molecule has 0 heterocycles. The molecule has 0 spiro atoms. The Kier molecular flexibility index (Phi) is 3.80. The molecule has 1 aliphatic rings. The maximum atomic E-state index is 12.2. The van der Waals surface area contributed by atoms with E-state index in [9.17, 15) is 9.59 Å². The van der Waals surface area contributed by atoms with Gasteiger partial charge in [-0.25, -0.2) is 0 Å². The molecule has 1 atom stereocenters. The number of hydrogen-bond donors (Lipinski definition) is 1. The molecule has 0 aromatic heterocycles.